The van der Waals surface area contributed by atoms with E-state index in [9.17, 15) is 9.59 Å². The van der Waals surface area contributed by atoms with Gasteiger partial charge >= 0.3 is 0 Å². The van der Waals surface area contributed by atoms with E-state index in [-0.39, 0.29) is 12.2 Å². The van der Waals surface area contributed by atoms with Gasteiger partial charge in [0.2, 0.25) is 11.6 Å². The first-order valence-corrected chi connectivity index (χ1v) is 7.92. The highest BCUT2D eigenvalue weighted by Gasteiger charge is 2.55. The van der Waals surface area contributed by atoms with E-state index in [1.54, 1.807) is 38.1 Å². The number of para-hydroxylation sites is 1. The van der Waals surface area contributed by atoms with Crippen molar-refractivity contribution in [1.29, 1.82) is 0 Å². The number of carbonyl (C=O) groups excluding carboxylic acids is 2. The smallest absolute Gasteiger partial charge is 0.264 e. The Kier molecular flexibility index (Phi) is 4.51. The number of carbonyl (C=O) groups is 2. The number of methoxy groups -OCH3 is 2. The Morgan fingerprint density at radius 2 is 1.72 bits per heavy atom. The molecule has 3 rings (SSSR count). The second kappa shape index (κ2) is 6.34. The number of benzene rings is 1. The highest BCUT2D eigenvalue weighted by atomic mass is 16.8. The molecule has 0 bridgehead atoms. The minimum absolute atomic E-state index is 0.0662. The summed E-state index contributed by atoms with van der Waals surface area (Å²) < 4.78 is 22.6. The van der Waals surface area contributed by atoms with Gasteiger partial charge in [-0.1, -0.05) is 18.2 Å². The Bertz CT molecular complexity index is 718. The average Bonchev–Trinajstić information content (AvgIpc) is 2.92. The maximum Gasteiger partial charge on any atom is 0.264 e. The summed E-state index contributed by atoms with van der Waals surface area (Å²) in [5.41, 5.74) is 0.743. The topological polar surface area (TPSA) is 74.3 Å². The third-order valence-electron chi connectivity index (χ3n) is 4.79. The van der Waals surface area contributed by atoms with Crippen molar-refractivity contribution in [2.24, 2.45) is 0 Å². The van der Waals surface area contributed by atoms with Crippen LogP contribution in [0.5, 0.6) is 0 Å². The molecule has 1 saturated heterocycles. The summed E-state index contributed by atoms with van der Waals surface area (Å²) in [4.78, 5) is 26.2. The molecule has 1 aromatic rings. The molecule has 0 unspecified atom stereocenters. The summed E-state index contributed by atoms with van der Waals surface area (Å²) in [6.07, 6.45) is 0.549. The predicted octanol–water partition coefficient (Wildman–Crippen LogP) is 1.63. The molecule has 2 heterocycles. The molecule has 0 aromatic heterocycles. The maximum absolute atomic E-state index is 12.8. The number of hydrogen-bond acceptors (Lipinski definition) is 6. The first kappa shape index (κ1) is 17.8. The van der Waals surface area contributed by atoms with E-state index in [0.29, 0.717) is 5.69 Å². The van der Waals surface area contributed by atoms with Crippen LogP contribution in [0.4, 0.5) is 5.69 Å². The van der Waals surface area contributed by atoms with E-state index >= 15 is 0 Å². The van der Waals surface area contributed by atoms with Crippen LogP contribution in [0.15, 0.2) is 42.0 Å². The minimum atomic E-state index is -1.24. The number of ether oxygens (including phenoxy) is 4. The Labute approximate surface area is 146 Å². The zero-order valence-electron chi connectivity index (χ0n) is 14.6. The van der Waals surface area contributed by atoms with Gasteiger partial charge in [-0.3, -0.25) is 9.59 Å². The Balaban J connectivity index is 1.85. The van der Waals surface area contributed by atoms with Crippen LogP contribution in [0.25, 0.3) is 0 Å². The average molecular weight is 347 g/mol. The van der Waals surface area contributed by atoms with E-state index in [2.05, 4.69) is 0 Å². The lowest BCUT2D eigenvalue weighted by Crippen LogP contribution is -2.62. The van der Waals surface area contributed by atoms with Crippen LogP contribution in [-0.2, 0) is 28.5 Å². The highest BCUT2D eigenvalue weighted by Crippen LogP contribution is 2.39. The van der Waals surface area contributed by atoms with Crippen LogP contribution in [0.3, 0.4) is 0 Å². The van der Waals surface area contributed by atoms with Crippen molar-refractivity contribution in [3.63, 3.8) is 0 Å². The first-order chi connectivity index (χ1) is 11.8. The van der Waals surface area contributed by atoms with Crippen LogP contribution in [0.2, 0.25) is 0 Å². The quantitative estimate of drug-likeness (QED) is 0.771. The lowest BCUT2D eigenvalue weighted by Gasteiger charge is -2.48. The molecule has 2 amide bonds. The van der Waals surface area contributed by atoms with Crippen LogP contribution in [-0.4, -0.2) is 50.3 Å². The molecule has 2 aliphatic heterocycles. The summed E-state index contributed by atoms with van der Waals surface area (Å²) in [5.74, 6) is -3.21. The van der Waals surface area contributed by atoms with E-state index in [1.807, 2.05) is 6.07 Å². The monoisotopic (exact) mass is 347 g/mol. The predicted molar refractivity (Wildman–Crippen MR) is 88.7 cm³/mol. The van der Waals surface area contributed by atoms with E-state index < -0.39 is 29.5 Å². The molecule has 1 fully saturated rings. The minimum Gasteiger partial charge on any atom is -0.349 e. The van der Waals surface area contributed by atoms with E-state index in [0.717, 1.165) is 4.90 Å². The number of amides is 2. The lowest BCUT2D eigenvalue weighted by molar-refractivity contribution is -0.426. The van der Waals surface area contributed by atoms with Crippen molar-refractivity contribution in [3.8, 4) is 0 Å². The summed E-state index contributed by atoms with van der Waals surface area (Å²) in [5, 5.41) is 0. The van der Waals surface area contributed by atoms with Crippen molar-refractivity contribution in [2.75, 3.05) is 25.7 Å². The standard InChI is InChI=1S/C18H21NO6/c1-17(22-3)18(2,23-4)25-14(11-24-17)13-10-15(20)19(16(13)21)12-8-6-5-7-9-12/h5-10,14H,11H2,1-4H3/t14-,17-,18-/m0/s1. The largest absolute Gasteiger partial charge is 0.349 e. The Morgan fingerprint density at radius 3 is 2.32 bits per heavy atom. The van der Waals surface area contributed by atoms with Crippen molar-refractivity contribution >= 4 is 17.5 Å². The van der Waals surface area contributed by atoms with Gasteiger partial charge < -0.3 is 18.9 Å². The molecule has 25 heavy (non-hydrogen) atoms. The Hall–Kier alpha value is -2.06. The van der Waals surface area contributed by atoms with Gasteiger partial charge in [0.15, 0.2) is 0 Å². The normalized spacial score (nSPS) is 32.9. The number of anilines is 1. The van der Waals surface area contributed by atoms with Crippen molar-refractivity contribution < 1.29 is 28.5 Å². The van der Waals surface area contributed by atoms with Crippen LogP contribution in [0.1, 0.15) is 13.8 Å². The second-order valence-corrected chi connectivity index (χ2v) is 6.13. The van der Waals surface area contributed by atoms with Gasteiger partial charge in [-0.15, -0.1) is 0 Å². The van der Waals surface area contributed by atoms with Gasteiger partial charge in [0.1, 0.15) is 6.10 Å². The molecule has 0 spiro atoms. The van der Waals surface area contributed by atoms with Gasteiger partial charge in [-0.25, -0.2) is 4.90 Å². The van der Waals surface area contributed by atoms with Crippen LogP contribution < -0.4 is 4.90 Å². The van der Waals surface area contributed by atoms with E-state index in [4.69, 9.17) is 18.9 Å². The summed E-state index contributed by atoms with van der Waals surface area (Å²) in [6.45, 7) is 3.43. The molecule has 0 radical (unpaired) electrons. The summed E-state index contributed by atoms with van der Waals surface area (Å²) >= 11 is 0. The molecule has 0 saturated carbocycles. The van der Waals surface area contributed by atoms with E-state index in [1.165, 1.54) is 20.3 Å². The fourth-order valence-electron chi connectivity index (χ4n) is 2.95. The van der Waals surface area contributed by atoms with Crippen molar-refractivity contribution in [2.45, 2.75) is 31.5 Å². The van der Waals surface area contributed by atoms with Crippen LogP contribution in [0, 0.1) is 0 Å². The molecule has 0 aliphatic carbocycles. The fraction of sp³-hybridized carbons (Fsp3) is 0.444. The van der Waals surface area contributed by atoms with Gasteiger partial charge in [0.25, 0.3) is 11.8 Å². The molecule has 1 aromatic carbocycles. The SMILES string of the molecule is CO[C@@]1(C)OC[C@@H](C2=CC(=O)N(c3ccccc3)C2=O)O[C@]1(C)OC. The van der Waals surface area contributed by atoms with Gasteiger partial charge in [0.05, 0.1) is 17.9 Å². The number of rotatable bonds is 4. The first-order valence-electron chi connectivity index (χ1n) is 7.92. The van der Waals surface area contributed by atoms with Crippen LogP contribution >= 0.6 is 0 Å². The summed E-state index contributed by atoms with van der Waals surface area (Å²) in [6, 6.07) is 8.74. The second-order valence-electron chi connectivity index (χ2n) is 6.13. The molecule has 2 aliphatic rings. The molecule has 134 valence electrons. The van der Waals surface area contributed by atoms with Crippen molar-refractivity contribution in [1.82, 2.24) is 0 Å². The molecular weight excluding hydrogens is 326 g/mol. The molecule has 7 heteroatoms. The maximum atomic E-state index is 12.8. The highest BCUT2D eigenvalue weighted by molar-refractivity contribution is 6.30. The zero-order chi connectivity index (χ0) is 18.2. The number of hydrogen-bond donors (Lipinski definition) is 0. The number of nitrogens with zero attached hydrogens (tertiary/aromatic N) is 1. The third kappa shape index (κ3) is 2.79. The number of imide groups is 1. The Morgan fingerprint density at radius 1 is 1.08 bits per heavy atom. The zero-order valence-corrected chi connectivity index (χ0v) is 14.6. The van der Waals surface area contributed by atoms with Gasteiger partial charge in [-0.05, 0) is 26.0 Å². The third-order valence-corrected chi connectivity index (χ3v) is 4.79. The molecular formula is C18H21NO6. The fourth-order valence-corrected chi connectivity index (χ4v) is 2.95. The molecule has 7 nitrogen and oxygen atoms in total. The van der Waals surface area contributed by atoms with Gasteiger partial charge in [-0.2, -0.15) is 0 Å². The molecule has 0 N–H and O–H groups in total. The lowest BCUT2D eigenvalue weighted by atomic mass is 10.0. The molecule has 3 atom stereocenters. The summed E-state index contributed by atoms with van der Waals surface area (Å²) in [7, 11) is 2.96. The van der Waals surface area contributed by atoms with Gasteiger partial charge in [0, 0.05) is 20.3 Å². The van der Waals surface area contributed by atoms with Crippen molar-refractivity contribution in [3.05, 3.63) is 42.0 Å².